The van der Waals surface area contributed by atoms with Crippen molar-refractivity contribution in [2.75, 3.05) is 6.54 Å². The molecule has 6 heteroatoms. The molecule has 0 fully saturated rings. The third-order valence-electron chi connectivity index (χ3n) is 2.64. The van der Waals surface area contributed by atoms with Crippen molar-refractivity contribution >= 4 is 28.8 Å². The van der Waals surface area contributed by atoms with Crippen LogP contribution in [0.15, 0.2) is 29.6 Å². The molecule has 21 heavy (non-hydrogen) atoms. The van der Waals surface area contributed by atoms with Gasteiger partial charge in [-0.05, 0) is 18.1 Å². The number of aromatic nitrogens is 1. The maximum atomic E-state index is 11.9. The third-order valence-corrected chi connectivity index (χ3v) is 3.78. The van der Waals surface area contributed by atoms with Crippen molar-refractivity contribution in [1.29, 1.82) is 0 Å². The van der Waals surface area contributed by atoms with Crippen molar-refractivity contribution in [1.82, 2.24) is 10.3 Å². The number of benzene rings is 1. The van der Waals surface area contributed by atoms with E-state index in [0.29, 0.717) is 35.5 Å². The second kappa shape index (κ2) is 7.43. The topological polar surface area (TPSA) is 51.2 Å². The van der Waals surface area contributed by atoms with E-state index < -0.39 is 0 Å². The summed E-state index contributed by atoms with van der Waals surface area (Å²) in [6.45, 7) is 5.03. The summed E-state index contributed by atoms with van der Waals surface area (Å²) in [6, 6.07) is 7.26. The van der Waals surface area contributed by atoms with Crippen LogP contribution >= 0.6 is 22.9 Å². The van der Waals surface area contributed by atoms with E-state index in [1.165, 1.54) is 11.3 Å². The molecule has 1 aromatic heterocycles. The van der Waals surface area contributed by atoms with Crippen molar-refractivity contribution in [3.63, 3.8) is 0 Å². The Morgan fingerprint density at radius 3 is 2.90 bits per heavy atom. The fraction of sp³-hybridized carbons (Fsp3) is 0.333. The Morgan fingerprint density at radius 1 is 1.43 bits per heavy atom. The van der Waals surface area contributed by atoms with Gasteiger partial charge in [0.1, 0.15) is 23.1 Å². The number of halogens is 1. The first kappa shape index (κ1) is 15.8. The lowest BCUT2D eigenvalue weighted by Crippen LogP contribution is -2.27. The summed E-state index contributed by atoms with van der Waals surface area (Å²) >= 11 is 7.41. The molecule has 0 spiro atoms. The van der Waals surface area contributed by atoms with Gasteiger partial charge in [0.15, 0.2) is 0 Å². The van der Waals surface area contributed by atoms with Crippen LogP contribution < -0.4 is 10.1 Å². The van der Waals surface area contributed by atoms with Gasteiger partial charge in [-0.25, -0.2) is 4.98 Å². The number of hydrogen-bond acceptors (Lipinski definition) is 4. The number of carbonyl (C=O) groups excluding carboxylic acids is 1. The van der Waals surface area contributed by atoms with Gasteiger partial charge in [0.05, 0.1) is 5.02 Å². The fourth-order valence-electron chi connectivity index (χ4n) is 1.57. The van der Waals surface area contributed by atoms with Crippen LogP contribution in [0.25, 0.3) is 0 Å². The summed E-state index contributed by atoms with van der Waals surface area (Å²) in [4.78, 5) is 16.1. The molecule has 1 heterocycles. The number of carbonyl (C=O) groups is 1. The van der Waals surface area contributed by atoms with Gasteiger partial charge in [0.2, 0.25) is 0 Å². The third kappa shape index (κ3) is 4.72. The average Bonchev–Trinajstić information content (AvgIpc) is 2.93. The van der Waals surface area contributed by atoms with Gasteiger partial charge in [-0.2, -0.15) is 0 Å². The summed E-state index contributed by atoms with van der Waals surface area (Å²) in [5.74, 6) is 0.875. The molecule has 0 bridgehead atoms. The number of hydrogen-bond donors (Lipinski definition) is 1. The molecule has 0 unspecified atom stereocenters. The molecule has 4 nitrogen and oxygen atoms in total. The van der Waals surface area contributed by atoms with Crippen LogP contribution in [0.1, 0.15) is 29.3 Å². The number of rotatable bonds is 6. The Morgan fingerprint density at radius 2 is 2.19 bits per heavy atom. The summed E-state index contributed by atoms with van der Waals surface area (Å²) in [6.07, 6.45) is 0. The lowest BCUT2D eigenvalue weighted by atomic mass is 10.2. The van der Waals surface area contributed by atoms with E-state index in [1.54, 1.807) is 17.5 Å². The zero-order valence-electron chi connectivity index (χ0n) is 11.9. The SMILES string of the molecule is CC(C)CNC(=O)c1csc(COc2ccccc2Cl)n1. The van der Waals surface area contributed by atoms with Crippen molar-refractivity contribution in [3.8, 4) is 5.75 Å². The van der Waals surface area contributed by atoms with Gasteiger partial charge >= 0.3 is 0 Å². The first-order valence-electron chi connectivity index (χ1n) is 6.66. The molecule has 0 aliphatic carbocycles. The molecule has 2 aromatic rings. The van der Waals surface area contributed by atoms with Crippen molar-refractivity contribution in [2.24, 2.45) is 5.92 Å². The van der Waals surface area contributed by atoms with E-state index in [2.05, 4.69) is 10.3 Å². The molecular weight excluding hydrogens is 308 g/mol. The minimum absolute atomic E-state index is 0.149. The highest BCUT2D eigenvalue weighted by Gasteiger charge is 2.11. The van der Waals surface area contributed by atoms with Crippen molar-refractivity contribution in [2.45, 2.75) is 20.5 Å². The first-order chi connectivity index (χ1) is 10.1. The molecule has 0 aliphatic heterocycles. The number of nitrogens with one attached hydrogen (secondary N) is 1. The van der Waals surface area contributed by atoms with Crippen LogP contribution in [0.2, 0.25) is 5.02 Å². The first-order valence-corrected chi connectivity index (χ1v) is 7.92. The highest BCUT2D eigenvalue weighted by atomic mass is 35.5. The second-order valence-corrected chi connectivity index (χ2v) is 6.30. The molecule has 2 rings (SSSR count). The van der Waals surface area contributed by atoms with Gasteiger partial charge in [-0.15, -0.1) is 11.3 Å². The van der Waals surface area contributed by atoms with E-state index >= 15 is 0 Å². The van der Waals surface area contributed by atoms with Crippen LogP contribution in [0.5, 0.6) is 5.75 Å². The van der Waals surface area contributed by atoms with E-state index in [4.69, 9.17) is 16.3 Å². The number of thiazole rings is 1. The van der Waals surface area contributed by atoms with Gasteiger partial charge in [0.25, 0.3) is 5.91 Å². The van der Waals surface area contributed by atoms with E-state index in [0.717, 1.165) is 5.01 Å². The van der Waals surface area contributed by atoms with Gasteiger partial charge < -0.3 is 10.1 Å². The maximum absolute atomic E-state index is 11.9. The molecule has 1 amide bonds. The Balaban J connectivity index is 1.91. The monoisotopic (exact) mass is 324 g/mol. The predicted octanol–water partition coefficient (Wildman–Crippen LogP) is 3.76. The molecule has 0 aliphatic rings. The van der Waals surface area contributed by atoms with Crippen molar-refractivity contribution < 1.29 is 9.53 Å². The number of amides is 1. The van der Waals surface area contributed by atoms with Crippen LogP contribution in [-0.2, 0) is 6.61 Å². The molecule has 1 N–H and O–H groups in total. The fourth-order valence-corrected chi connectivity index (χ4v) is 2.45. The van der Waals surface area contributed by atoms with Gasteiger partial charge in [0, 0.05) is 11.9 Å². The minimum Gasteiger partial charge on any atom is -0.485 e. The van der Waals surface area contributed by atoms with Gasteiger partial charge in [-0.1, -0.05) is 37.6 Å². The number of nitrogens with zero attached hydrogens (tertiary/aromatic N) is 1. The minimum atomic E-state index is -0.149. The summed E-state index contributed by atoms with van der Waals surface area (Å²) in [7, 11) is 0. The molecule has 112 valence electrons. The van der Waals surface area contributed by atoms with Crippen molar-refractivity contribution in [3.05, 3.63) is 45.4 Å². The number of para-hydroxylation sites is 1. The molecule has 0 atom stereocenters. The molecular formula is C15H17ClN2O2S. The lowest BCUT2D eigenvalue weighted by Gasteiger charge is -2.06. The van der Waals surface area contributed by atoms with Crippen LogP contribution in [0.3, 0.4) is 0 Å². The zero-order valence-corrected chi connectivity index (χ0v) is 13.5. The quantitative estimate of drug-likeness (QED) is 0.880. The van der Waals surface area contributed by atoms with E-state index in [9.17, 15) is 4.79 Å². The average molecular weight is 325 g/mol. The van der Waals surface area contributed by atoms with Gasteiger partial charge in [-0.3, -0.25) is 4.79 Å². The lowest BCUT2D eigenvalue weighted by molar-refractivity contribution is 0.0944. The molecule has 0 saturated heterocycles. The smallest absolute Gasteiger partial charge is 0.270 e. The Hall–Kier alpha value is -1.59. The van der Waals surface area contributed by atoms with E-state index in [1.807, 2.05) is 26.0 Å². The maximum Gasteiger partial charge on any atom is 0.270 e. The highest BCUT2D eigenvalue weighted by molar-refractivity contribution is 7.09. The summed E-state index contributed by atoms with van der Waals surface area (Å²) < 4.78 is 5.60. The standard InChI is InChI=1S/C15H17ClN2O2S/c1-10(2)7-17-15(19)12-9-21-14(18-12)8-20-13-6-4-3-5-11(13)16/h3-6,9-10H,7-8H2,1-2H3,(H,17,19). The summed E-state index contributed by atoms with van der Waals surface area (Å²) in [5, 5.41) is 5.87. The highest BCUT2D eigenvalue weighted by Crippen LogP contribution is 2.24. The molecule has 0 radical (unpaired) electrons. The van der Waals surface area contributed by atoms with Crippen LogP contribution in [0, 0.1) is 5.92 Å². The Bertz CT molecular complexity index is 613. The molecule has 0 saturated carbocycles. The predicted molar refractivity (Wildman–Crippen MR) is 85.1 cm³/mol. The normalized spacial score (nSPS) is 10.7. The Kier molecular flexibility index (Phi) is 5.59. The number of ether oxygens (including phenoxy) is 1. The van der Waals surface area contributed by atoms with Crippen LogP contribution in [0.4, 0.5) is 0 Å². The van der Waals surface area contributed by atoms with Crippen LogP contribution in [-0.4, -0.2) is 17.4 Å². The van der Waals surface area contributed by atoms with E-state index in [-0.39, 0.29) is 5.91 Å². The largest absolute Gasteiger partial charge is 0.485 e. The molecule has 1 aromatic carbocycles. The second-order valence-electron chi connectivity index (χ2n) is 4.95. The Labute approximate surface area is 133 Å². The summed E-state index contributed by atoms with van der Waals surface area (Å²) in [5.41, 5.74) is 0.429. The zero-order chi connectivity index (χ0) is 15.2.